The number of carbonyl (C=O) groups is 1. The highest BCUT2D eigenvalue weighted by Crippen LogP contribution is 2.42. The first kappa shape index (κ1) is 20.7. The van der Waals surface area contributed by atoms with E-state index in [2.05, 4.69) is 20.2 Å². The number of nitrogens with one attached hydrogen (secondary N) is 1. The van der Waals surface area contributed by atoms with Gasteiger partial charge in [0.05, 0.1) is 6.20 Å². The van der Waals surface area contributed by atoms with E-state index in [9.17, 15) is 9.90 Å². The van der Waals surface area contributed by atoms with Crippen LogP contribution in [0.3, 0.4) is 0 Å². The van der Waals surface area contributed by atoms with Crippen LogP contribution in [-0.2, 0) is 10.4 Å². The van der Waals surface area contributed by atoms with Crippen molar-refractivity contribution in [2.75, 3.05) is 19.6 Å². The predicted molar refractivity (Wildman–Crippen MR) is 112 cm³/mol. The first-order valence-electron chi connectivity index (χ1n) is 11.7. The van der Waals surface area contributed by atoms with Gasteiger partial charge in [0.2, 0.25) is 0 Å². The Morgan fingerprint density at radius 3 is 2.34 bits per heavy atom. The van der Waals surface area contributed by atoms with Gasteiger partial charge in [-0.3, -0.25) is 14.8 Å². The molecule has 3 fully saturated rings. The molecule has 1 unspecified atom stereocenters. The molecule has 6 heteroatoms. The number of nitrogens with zero attached hydrogens (tertiary/aromatic N) is 3. The predicted octanol–water partition coefficient (Wildman–Crippen LogP) is 3.02. The number of rotatable bonds is 6. The number of aliphatic hydroxyl groups is 1. The Labute approximate surface area is 174 Å². The Morgan fingerprint density at radius 2 is 1.76 bits per heavy atom. The van der Waals surface area contributed by atoms with Gasteiger partial charge < -0.3 is 15.3 Å². The molecule has 1 aromatic rings. The smallest absolute Gasteiger partial charge is 0.258 e. The fourth-order valence-corrected chi connectivity index (χ4v) is 5.30. The normalized spacial score (nSPS) is 25.0. The maximum atomic E-state index is 13.2. The molecule has 1 saturated heterocycles. The Kier molecular flexibility index (Phi) is 6.81. The maximum Gasteiger partial charge on any atom is 0.258 e. The van der Waals surface area contributed by atoms with E-state index in [0.29, 0.717) is 5.69 Å². The molecule has 160 valence electrons. The van der Waals surface area contributed by atoms with Gasteiger partial charge in [-0.15, -0.1) is 0 Å². The van der Waals surface area contributed by atoms with Crippen molar-refractivity contribution in [3.63, 3.8) is 0 Å². The summed E-state index contributed by atoms with van der Waals surface area (Å²) in [6.07, 6.45) is 17.7. The number of piperidine rings is 1. The average Bonchev–Trinajstić information content (AvgIpc) is 2.97. The van der Waals surface area contributed by atoms with Crippen molar-refractivity contribution in [2.45, 2.75) is 82.3 Å². The molecule has 1 aliphatic heterocycles. The van der Waals surface area contributed by atoms with Crippen LogP contribution in [0, 0.1) is 11.8 Å². The quantitative estimate of drug-likeness (QED) is 0.718. The summed E-state index contributed by atoms with van der Waals surface area (Å²) < 4.78 is 0. The van der Waals surface area contributed by atoms with E-state index < -0.39 is 5.60 Å². The van der Waals surface area contributed by atoms with Crippen LogP contribution in [0.4, 0.5) is 0 Å². The summed E-state index contributed by atoms with van der Waals surface area (Å²) >= 11 is 0. The van der Waals surface area contributed by atoms with Gasteiger partial charge in [0.15, 0.2) is 5.60 Å². The minimum atomic E-state index is -1.55. The molecule has 1 atom stereocenters. The molecule has 0 radical (unpaired) electrons. The van der Waals surface area contributed by atoms with Crippen molar-refractivity contribution >= 4 is 5.91 Å². The van der Waals surface area contributed by atoms with E-state index in [1.807, 2.05) is 0 Å². The zero-order valence-corrected chi connectivity index (χ0v) is 17.6. The van der Waals surface area contributed by atoms with E-state index >= 15 is 0 Å². The first-order chi connectivity index (χ1) is 14.2. The fourth-order valence-electron chi connectivity index (χ4n) is 5.30. The van der Waals surface area contributed by atoms with Gasteiger partial charge in [0.1, 0.15) is 5.69 Å². The highest BCUT2D eigenvalue weighted by Gasteiger charge is 2.49. The zero-order chi connectivity index (χ0) is 20.1. The van der Waals surface area contributed by atoms with E-state index in [-0.39, 0.29) is 17.9 Å². The number of hydrogen-bond acceptors (Lipinski definition) is 5. The molecule has 6 nitrogen and oxygen atoms in total. The third kappa shape index (κ3) is 4.80. The number of hydrogen-bond donors (Lipinski definition) is 2. The first-order valence-corrected chi connectivity index (χ1v) is 11.7. The van der Waals surface area contributed by atoms with Crippen LogP contribution in [0.15, 0.2) is 18.6 Å². The van der Waals surface area contributed by atoms with Crippen molar-refractivity contribution in [1.29, 1.82) is 0 Å². The van der Waals surface area contributed by atoms with Crippen molar-refractivity contribution in [3.05, 3.63) is 24.3 Å². The molecule has 29 heavy (non-hydrogen) atoms. The van der Waals surface area contributed by atoms with Gasteiger partial charge in [-0.25, -0.2) is 0 Å². The molecule has 2 saturated carbocycles. The van der Waals surface area contributed by atoms with Gasteiger partial charge in [-0.1, -0.05) is 32.1 Å². The van der Waals surface area contributed by atoms with Gasteiger partial charge >= 0.3 is 0 Å². The van der Waals surface area contributed by atoms with Crippen molar-refractivity contribution in [1.82, 2.24) is 20.2 Å². The Balaban J connectivity index is 1.31. The van der Waals surface area contributed by atoms with E-state index in [0.717, 1.165) is 51.1 Å². The largest absolute Gasteiger partial charge is 0.374 e. The second-order valence-electron chi connectivity index (χ2n) is 9.39. The summed E-state index contributed by atoms with van der Waals surface area (Å²) in [5.74, 6) is 0.503. The van der Waals surface area contributed by atoms with E-state index in [1.165, 1.54) is 51.3 Å². The number of likely N-dealkylation sites (tertiary alicyclic amines) is 1. The summed E-state index contributed by atoms with van der Waals surface area (Å²) in [6, 6.07) is 0.135. The highest BCUT2D eigenvalue weighted by molar-refractivity contribution is 5.86. The lowest BCUT2D eigenvalue weighted by Gasteiger charge is -2.41. The van der Waals surface area contributed by atoms with E-state index in [1.54, 1.807) is 12.4 Å². The van der Waals surface area contributed by atoms with Crippen LogP contribution in [0.1, 0.15) is 76.3 Å². The fraction of sp³-hybridized carbons (Fsp3) is 0.783. The second-order valence-corrected chi connectivity index (χ2v) is 9.39. The molecule has 0 bridgehead atoms. The Bertz CT molecular complexity index is 650. The third-order valence-electron chi connectivity index (χ3n) is 7.41. The van der Waals surface area contributed by atoms with Crippen LogP contribution in [-0.4, -0.2) is 51.6 Å². The summed E-state index contributed by atoms with van der Waals surface area (Å²) in [7, 11) is 0. The van der Waals surface area contributed by atoms with E-state index in [4.69, 9.17) is 0 Å². The van der Waals surface area contributed by atoms with Crippen LogP contribution < -0.4 is 5.32 Å². The van der Waals surface area contributed by atoms with Gasteiger partial charge in [0, 0.05) is 44.0 Å². The number of aromatic nitrogens is 2. The van der Waals surface area contributed by atoms with Crippen LogP contribution in [0.25, 0.3) is 0 Å². The summed E-state index contributed by atoms with van der Waals surface area (Å²) in [5, 5.41) is 14.5. The molecular weight excluding hydrogens is 364 g/mol. The van der Waals surface area contributed by atoms with Crippen LogP contribution >= 0.6 is 0 Å². The third-order valence-corrected chi connectivity index (χ3v) is 7.41. The Morgan fingerprint density at radius 1 is 1.03 bits per heavy atom. The topological polar surface area (TPSA) is 78.4 Å². The molecule has 1 aromatic heterocycles. The Hall–Kier alpha value is -1.53. The maximum absolute atomic E-state index is 13.2. The van der Waals surface area contributed by atoms with Gasteiger partial charge in [-0.2, -0.15) is 0 Å². The van der Waals surface area contributed by atoms with Crippen molar-refractivity contribution in [3.8, 4) is 0 Å². The minimum absolute atomic E-state index is 0.0606. The monoisotopic (exact) mass is 400 g/mol. The zero-order valence-electron chi connectivity index (χ0n) is 17.6. The summed E-state index contributed by atoms with van der Waals surface area (Å²) in [6.45, 7) is 3.29. The van der Waals surface area contributed by atoms with Crippen LogP contribution in [0.2, 0.25) is 0 Å². The standard InChI is InChI=1S/C23H36N4O2/c28-22(23(29,19-8-5-9-19)21-16-24-12-13-25-21)26-20-10-14-27(15-11-20)17-18-6-3-1-2-4-7-18/h12-13,16,18-20,29H,1-11,14-15,17H2,(H,26,28). The van der Waals surface area contributed by atoms with Gasteiger partial charge in [0.25, 0.3) is 5.91 Å². The highest BCUT2D eigenvalue weighted by atomic mass is 16.3. The van der Waals surface area contributed by atoms with Crippen molar-refractivity contribution < 1.29 is 9.90 Å². The second kappa shape index (κ2) is 9.52. The SMILES string of the molecule is O=C(NC1CCN(CC2CCCCCC2)CC1)C(O)(c1cnccn1)C1CCC1. The lowest BCUT2D eigenvalue weighted by molar-refractivity contribution is -0.154. The molecule has 0 aromatic carbocycles. The summed E-state index contributed by atoms with van der Waals surface area (Å²) in [4.78, 5) is 24.1. The van der Waals surface area contributed by atoms with Crippen molar-refractivity contribution in [2.24, 2.45) is 11.8 Å². The van der Waals surface area contributed by atoms with Gasteiger partial charge in [-0.05, 0) is 44.4 Å². The molecule has 4 rings (SSSR count). The lowest BCUT2D eigenvalue weighted by Crippen LogP contribution is -2.56. The molecule has 2 heterocycles. The molecule has 1 amide bonds. The molecular formula is C23H36N4O2. The van der Waals surface area contributed by atoms with Crippen LogP contribution in [0.5, 0.6) is 0 Å². The minimum Gasteiger partial charge on any atom is -0.374 e. The number of amides is 1. The molecule has 2 N–H and O–H groups in total. The molecule has 0 spiro atoms. The lowest BCUT2D eigenvalue weighted by atomic mass is 9.70. The molecule has 2 aliphatic carbocycles. The number of carbonyl (C=O) groups excluding carboxylic acids is 1. The average molecular weight is 401 g/mol. The molecule has 3 aliphatic rings. The summed E-state index contributed by atoms with van der Waals surface area (Å²) in [5.41, 5.74) is -1.17.